The van der Waals surface area contributed by atoms with Crippen LogP contribution in [-0.4, -0.2) is 9.97 Å². The fraction of sp³-hybridized carbons (Fsp3) is 0.111. The maximum absolute atomic E-state index is 4.83. The van der Waals surface area contributed by atoms with Gasteiger partial charge < -0.3 is 0 Å². The summed E-state index contributed by atoms with van der Waals surface area (Å²) in [7, 11) is 0. The number of nitrogens with zero attached hydrogens (tertiary/aromatic N) is 2. The van der Waals surface area contributed by atoms with Crippen molar-refractivity contribution >= 4 is 22.1 Å². The van der Waals surface area contributed by atoms with Crippen LogP contribution in [0.15, 0.2) is 66.8 Å². The van der Waals surface area contributed by atoms with E-state index in [1.807, 2.05) is 30.3 Å². The highest BCUT2D eigenvalue weighted by molar-refractivity contribution is 5.88. The second kappa shape index (κ2) is 4.57. The second-order valence-corrected chi connectivity index (χ2v) is 5.08. The van der Waals surface area contributed by atoms with E-state index in [1.54, 1.807) is 0 Å². The molecule has 1 aromatic heterocycles. The molecule has 2 aromatic carbocycles. The molecular weight excluding hydrogens is 244 g/mol. The summed E-state index contributed by atoms with van der Waals surface area (Å²) in [4.78, 5) is 9.56. The summed E-state index contributed by atoms with van der Waals surface area (Å²) in [5.41, 5.74) is 5.18. The van der Waals surface area contributed by atoms with Gasteiger partial charge in [0.2, 0.25) is 0 Å². The van der Waals surface area contributed by atoms with Crippen molar-refractivity contribution < 1.29 is 0 Å². The number of hydrogen-bond acceptors (Lipinski definition) is 2. The lowest BCUT2D eigenvalue weighted by atomic mass is 9.91. The average Bonchev–Trinajstić information content (AvgIpc) is 2.53. The third-order valence-electron chi connectivity index (χ3n) is 3.78. The average molecular weight is 258 g/mol. The first-order valence-corrected chi connectivity index (χ1v) is 6.90. The SMILES string of the molecule is C1=CCC(c2cccc3nc4ccccc4nc23)C=C1. The van der Waals surface area contributed by atoms with Crippen molar-refractivity contribution in [3.8, 4) is 0 Å². The highest BCUT2D eigenvalue weighted by Crippen LogP contribution is 2.30. The highest BCUT2D eigenvalue weighted by Gasteiger charge is 2.13. The van der Waals surface area contributed by atoms with Crippen molar-refractivity contribution in [3.05, 3.63) is 72.3 Å². The van der Waals surface area contributed by atoms with E-state index in [9.17, 15) is 0 Å². The first-order chi connectivity index (χ1) is 9.92. The molecule has 0 aliphatic heterocycles. The number of para-hydroxylation sites is 3. The van der Waals surface area contributed by atoms with Gasteiger partial charge >= 0.3 is 0 Å². The lowest BCUT2D eigenvalue weighted by molar-refractivity contribution is 0.859. The van der Waals surface area contributed by atoms with Crippen LogP contribution in [0.25, 0.3) is 22.1 Å². The van der Waals surface area contributed by atoms with Crippen molar-refractivity contribution in [1.29, 1.82) is 0 Å². The molecule has 4 rings (SSSR count). The Balaban J connectivity index is 1.99. The van der Waals surface area contributed by atoms with E-state index < -0.39 is 0 Å². The first-order valence-electron chi connectivity index (χ1n) is 6.90. The Morgan fingerprint density at radius 2 is 1.60 bits per heavy atom. The predicted octanol–water partition coefficient (Wildman–Crippen LogP) is 4.38. The smallest absolute Gasteiger partial charge is 0.0932 e. The Labute approximate surface area is 117 Å². The van der Waals surface area contributed by atoms with Gasteiger partial charge in [0.15, 0.2) is 0 Å². The van der Waals surface area contributed by atoms with Gasteiger partial charge in [-0.2, -0.15) is 0 Å². The third-order valence-corrected chi connectivity index (χ3v) is 3.78. The normalized spacial score (nSPS) is 17.9. The zero-order valence-electron chi connectivity index (χ0n) is 11.0. The van der Waals surface area contributed by atoms with Gasteiger partial charge in [0.05, 0.1) is 22.1 Å². The van der Waals surface area contributed by atoms with E-state index in [-0.39, 0.29) is 0 Å². The zero-order valence-corrected chi connectivity index (χ0v) is 11.0. The summed E-state index contributed by atoms with van der Waals surface area (Å²) >= 11 is 0. The maximum Gasteiger partial charge on any atom is 0.0932 e. The Hall–Kier alpha value is -2.48. The molecule has 0 saturated heterocycles. The van der Waals surface area contributed by atoms with E-state index in [0.717, 1.165) is 28.5 Å². The molecule has 96 valence electrons. The van der Waals surface area contributed by atoms with Gasteiger partial charge in [0, 0.05) is 5.92 Å². The summed E-state index contributed by atoms with van der Waals surface area (Å²) in [6.45, 7) is 0. The number of rotatable bonds is 1. The highest BCUT2D eigenvalue weighted by atomic mass is 14.8. The van der Waals surface area contributed by atoms with Crippen LogP contribution < -0.4 is 0 Å². The van der Waals surface area contributed by atoms with Gasteiger partial charge in [-0.05, 0) is 30.2 Å². The Kier molecular flexibility index (Phi) is 2.59. The topological polar surface area (TPSA) is 25.8 Å². The van der Waals surface area contributed by atoms with E-state index in [0.29, 0.717) is 5.92 Å². The Morgan fingerprint density at radius 1 is 0.800 bits per heavy atom. The van der Waals surface area contributed by atoms with Crippen LogP contribution in [0.2, 0.25) is 0 Å². The summed E-state index contributed by atoms with van der Waals surface area (Å²) in [6, 6.07) is 14.3. The quantitative estimate of drug-likeness (QED) is 0.605. The molecule has 20 heavy (non-hydrogen) atoms. The van der Waals surface area contributed by atoms with Crippen LogP contribution in [0.5, 0.6) is 0 Å². The van der Waals surface area contributed by atoms with Crippen LogP contribution in [0.3, 0.4) is 0 Å². The van der Waals surface area contributed by atoms with Gasteiger partial charge in [-0.1, -0.05) is 48.6 Å². The Morgan fingerprint density at radius 3 is 2.40 bits per heavy atom. The van der Waals surface area contributed by atoms with Crippen molar-refractivity contribution in [2.24, 2.45) is 0 Å². The molecule has 0 bridgehead atoms. The Bertz CT molecular complexity index is 846. The van der Waals surface area contributed by atoms with Gasteiger partial charge in [-0.15, -0.1) is 0 Å². The predicted molar refractivity (Wildman–Crippen MR) is 82.7 cm³/mol. The molecule has 2 heteroatoms. The molecule has 1 heterocycles. The first kappa shape index (κ1) is 11.4. The molecule has 0 N–H and O–H groups in total. The van der Waals surface area contributed by atoms with Crippen molar-refractivity contribution in [3.63, 3.8) is 0 Å². The van der Waals surface area contributed by atoms with Gasteiger partial charge in [-0.25, -0.2) is 9.97 Å². The van der Waals surface area contributed by atoms with Gasteiger partial charge in [0.1, 0.15) is 0 Å². The van der Waals surface area contributed by atoms with Crippen LogP contribution in [-0.2, 0) is 0 Å². The maximum atomic E-state index is 4.83. The minimum Gasteiger partial charge on any atom is -0.244 e. The molecule has 3 aromatic rings. The monoisotopic (exact) mass is 258 g/mol. The molecule has 1 aliphatic carbocycles. The van der Waals surface area contributed by atoms with Crippen molar-refractivity contribution in [2.75, 3.05) is 0 Å². The molecule has 0 radical (unpaired) electrons. The van der Waals surface area contributed by atoms with Crippen LogP contribution in [0, 0.1) is 0 Å². The molecule has 0 spiro atoms. The number of benzene rings is 2. The van der Waals surface area contributed by atoms with E-state index >= 15 is 0 Å². The number of allylic oxidation sites excluding steroid dienone is 4. The molecule has 0 fully saturated rings. The standard InChI is InChI=1S/C18H14N2/c1-2-7-13(8-3-1)14-9-6-12-17-18(14)20-16-11-5-4-10-15(16)19-17/h1-7,9-13H,8H2. The number of aromatic nitrogens is 2. The second-order valence-electron chi connectivity index (χ2n) is 5.08. The van der Waals surface area contributed by atoms with Gasteiger partial charge in [0.25, 0.3) is 0 Å². The minimum atomic E-state index is 0.402. The minimum absolute atomic E-state index is 0.402. The molecule has 0 amide bonds. The molecule has 1 unspecified atom stereocenters. The molecule has 1 atom stereocenters. The fourth-order valence-corrected chi connectivity index (χ4v) is 2.77. The van der Waals surface area contributed by atoms with E-state index in [4.69, 9.17) is 9.97 Å². The number of hydrogen-bond donors (Lipinski definition) is 0. The molecule has 1 aliphatic rings. The lowest BCUT2D eigenvalue weighted by Gasteiger charge is -2.15. The van der Waals surface area contributed by atoms with E-state index in [2.05, 4.69) is 36.4 Å². The van der Waals surface area contributed by atoms with E-state index in [1.165, 1.54) is 5.56 Å². The fourth-order valence-electron chi connectivity index (χ4n) is 2.77. The van der Waals surface area contributed by atoms with Gasteiger partial charge in [-0.3, -0.25) is 0 Å². The third kappa shape index (κ3) is 1.81. The van der Waals surface area contributed by atoms with Crippen molar-refractivity contribution in [2.45, 2.75) is 12.3 Å². The summed E-state index contributed by atoms with van der Waals surface area (Å²) < 4.78 is 0. The number of fused-ring (bicyclic) bond motifs is 2. The molecular formula is C18H14N2. The summed E-state index contributed by atoms with van der Waals surface area (Å²) in [5.74, 6) is 0.402. The van der Waals surface area contributed by atoms with Crippen molar-refractivity contribution in [1.82, 2.24) is 9.97 Å². The summed E-state index contributed by atoms with van der Waals surface area (Å²) in [6.07, 6.45) is 9.69. The van der Waals surface area contributed by atoms with Crippen LogP contribution in [0.4, 0.5) is 0 Å². The molecule has 2 nitrogen and oxygen atoms in total. The lowest BCUT2D eigenvalue weighted by Crippen LogP contribution is -1.99. The molecule has 0 saturated carbocycles. The van der Waals surface area contributed by atoms with Crippen LogP contribution in [0.1, 0.15) is 17.9 Å². The van der Waals surface area contributed by atoms with Crippen LogP contribution >= 0.6 is 0 Å². The summed E-state index contributed by atoms with van der Waals surface area (Å²) in [5, 5.41) is 0. The largest absolute Gasteiger partial charge is 0.244 e. The zero-order chi connectivity index (χ0) is 13.4.